The Kier molecular flexibility index (Phi) is 6.64. The molecule has 1 aromatic carbocycles. The number of carbonyl (C=O) groups excluding carboxylic acids is 2. The summed E-state index contributed by atoms with van der Waals surface area (Å²) >= 11 is 1.33. The number of hydrogen-bond donors (Lipinski definition) is 1. The lowest BCUT2D eigenvalue weighted by Gasteiger charge is -2.06. The van der Waals surface area contributed by atoms with E-state index in [4.69, 9.17) is 4.74 Å². The molecule has 154 valence electrons. The fourth-order valence-electron chi connectivity index (χ4n) is 2.93. The highest BCUT2D eigenvalue weighted by molar-refractivity contribution is 7.20. The molecule has 2 heterocycles. The molecule has 3 rings (SSSR count). The number of ether oxygens (including phenoxy) is 1. The fraction of sp³-hybridized carbons (Fsp3) is 0.381. The highest BCUT2D eigenvalue weighted by Gasteiger charge is 2.18. The van der Waals surface area contributed by atoms with Crippen molar-refractivity contribution in [3.8, 4) is 0 Å². The van der Waals surface area contributed by atoms with Crippen molar-refractivity contribution < 1.29 is 18.7 Å². The number of carbonyl (C=O) groups is 2. The first-order valence-electron chi connectivity index (χ1n) is 9.48. The lowest BCUT2D eigenvalue weighted by atomic mass is 10.1. The molecule has 0 spiro atoms. The fourth-order valence-corrected chi connectivity index (χ4v) is 4.00. The highest BCUT2D eigenvalue weighted by Crippen LogP contribution is 2.29. The van der Waals surface area contributed by atoms with Crippen LogP contribution in [0.5, 0.6) is 0 Å². The Hall–Kier alpha value is -2.74. The first-order valence-corrected chi connectivity index (χ1v) is 10.3. The van der Waals surface area contributed by atoms with Crippen LogP contribution in [0.15, 0.2) is 30.3 Å². The number of nitrogens with zero attached hydrogens (tertiary/aromatic N) is 2. The van der Waals surface area contributed by atoms with Crippen LogP contribution in [0.2, 0.25) is 0 Å². The van der Waals surface area contributed by atoms with E-state index in [1.165, 1.54) is 23.5 Å². The van der Waals surface area contributed by atoms with E-state index in [1.807, 2.05) is 11.6 Å². The Morgan fingerprint density at radius 2 is 2.00 bits per heavy atom. The van der Waals surface area contributed by atoms with Gasteiger partial charge in [0.05, 0.1) is 5.69 Å². The van der Waals surface area contributed by atoms with Gasteiger partial charge in [-0.15, -0.1) is 11.3 Å². The average molecular weight is 418 g/mol. The monoisotopic (exact) mass is 417 g/mol. The molecular formula is C21H24FN3O3S. The first kappa shape index (κ1) is 21.0. The third-order valence-electron chi connectivity index (χ3n) is 4.33. The number of aryl methyl sites for hydroxylation is 1. The number of hydrogen-bond acceptors (Lipinski definition) is 5. The van der Waals surface area contributed by atoms with Crippen LogP contribution in [-0.4, -0.2) is 34.8 Å². The molecule has 29 heavy (non-hydrogen) atoms. The van der Waals surface area contributed by atoms with Crippen LogP contribution in [0, 0.1) is 18.7 Å². The topological polar surface area (TPSA) is 73.2 Å². The van der Waals surface area contributed by atoms with Crippen LogP contribution in [0.3, 0.4) is 0 Å². The number of amides is 1. The summed E-state index contributed by atoms with van der Waals surface area (Å²) < 4.78 is 19.9. The van der Waals surface area contributed by atoms with Crippen LogP contribution in [0.4, 0.5) is 4.39 Å². The maximum atomic E-state index is 12.9. The molecule has 0 aliphatic heterocycles. The molecule has 0 aliphatic carbocycles. The molecule has 0 bridgehead atoms. The summed E-state index contributed by atoms with van der Waals surface area (Å²) in [7, 11) is 0. The zero-order valence-electron chi connectivity index (χ0n) is 16.7. The second-order valence-electron chi connectivity index (χ2n) is 7.29. The molecule has 0 aliphatic rings. The minimum Gasteiger partial charge on any atom is -0.451 e. The maximum Gasteiger partial charge on any atom is 0.348 e. The predicted molar refractivity (Wildman–Crippen MR) is 111 cm³/mol. The Morgan fingerprint density at radius 3 is 2.69 bits per heavy atom. The number of thiophene rings is 1. The average Bonchev–Trinajstić information content (AvgIpc) is 3.23. The van der Waals surface area contributed by atoms with Gasteiger partial charge in [0, 0.05) is 18.5 Å². The van der Waals surface area contributed by atoms with Crippen LogP contribution < -0.4 is 5.32 Å². The molecule has 0 saturated heterocycles. The van der Waals surface area contributed by atoms with Gasteiger partial charge in [-0.3, -0.25) is 9.48 Å². The highest BCUT2D eigenvalue weighted by atomic mass is 32.1. The van der Waals surface area contributed by atoms with E-state index in [0.29, 0.717) is 23.8 Å². The van der Waals surface area contributed by atoms with Crippen molar-refractivity contribution in [2.24, 2.45) is 5.92 Å². The van der Waals surface area contributed by atoms with Crippen molar-refractivity contribution in [1.82, 2.24) is 15.1 Å². The molecule has 8 heteroatoms. The number of aromatic nitrogens is 2. The van der Waals surface area contributed by atoms with Crippen LogP contribution >= 0.6 is 11.3 Å². The van der Waals surface area contributed by atoms with Gasteiger partial charge in [-0.1, -0.05) is 26.0 Å². The largest absolute Gasteiger partial charge is 0.451 e. The second kappa shape index (κ2) is 9.17. The first-order chi connectivity index (χ1) is 13.8. The van der Waals surface area contributed by atoms with Gasteiger partial charge in [-0.2, -0.15) is 5.10 Å². The molecule has 0 saturated carbocycles. The summed E-state index contributed by atoms with van der Waals surface area (Å²) in [6.45, 7) is 6.95. The summed E-state index contributed by atoms with van der Waals surface area (Å²) in [4.78, 5) is 25.6. The minimum atomic E-state index is -0.518. The number of fused-ring (bicyclic) bond motifs is 1. The molecule has 1 amide bonds. The van der Waals surface area contributed by atoms with E-state index in [-0.39, 0.29) is 18.3 Å². The normalized spacial score (nSPS) is 11.2. The Bertz CT molecular complexity index is 1010. The molecule has 1 N–H and O–H groups in total. The van der Waals surface area contributed by atoms with Gasteiger partial charge < -0.3 is 10.1 Å². The predicted octanol–water partition coefficient (Wildman–Crippen LogP) is 3.72. The molecule has 6 nitrogen and oxygen atoms in total. The summed E-state index contributed by atoms with van der Waals surface area (Å²) in [5.41, 5.74) is 1.79. The number of halogens is 1. The number of benzene rings is 1. The van der Waals surface area contributed by atoms with E-state index in [0.717, 1.165) is 28.0 Å². The second-order valence-corrected chi connectivity index (χ2v) is 8.32. The van der Waals surface area contributed by atoms with Crippen molar-refractivity contribution >= 4 is 33.4 Å². The van der Waals surface area contributed by atoms with Gasteiger partial charge in [0.2, 0.25) is 0 Å². The van der Waals surface area contributed by atoms with Crippen molar-refractivity contribution in [1.29, 1.82) is 0 Å². The maximum absolute atomic E-state index is 12.9. The van der Waals surface area contributed by atoms with Gasteiger partial charge in [-0.25, -0.2) is 9.18 Å². The van der Waals surface area contributed by atoms with Crippen molar-refractivity contribution in [3.63, 3.8) is 0 Å². The van der Waals surface area contributed by atoms with Crippen molar-refractivity contribution in [2.75, 3.05) is 13.2 Å². The van der Waals surface area contributed by atoms with Crippen LogP contribution in [0.25, 0.3) is 10.2 Å². The SMILES string of the molecule is Cc1nn(CC(C)C)c2sc(C(=O)OCC(=O)NCCc3ccc(F)cc3)cc12. The molecule has 0 unspecified atom stereocenters. The Labute approximate surface area is 172 Å². The van der Waals surface area contributed by atoms with Crippen molar-refractivity contribution in [2.45, 2.75) is 33.7 Å². The molecule has 0 atom stereocenters. The molecule has 3 aromatic rings. The summed E-state index contributed by atoms with van der Waals surface area (Å²) in [5, 5.41) is 8.15. The lowest BCUT2D eigenvalue weighted by Crippen LogP contribution is -2.30. The Morgan fingerprint density at radius 1 is 1.28 bits per heavy atom. The van der Waals surface area contributed by atoms with Gasteiger partial charge in [0.25, 0.3) is 5.91 Å². The number of nitrogens with one attached hydrogen (secondary N) is 1. The lowest BCUT2D eigenvalue weighted by molar-refractivity contribution is -0.124. The van der Waals surface area contributed by atoms with Gasteiger partial charge in [-0.05, 0) is 43.0 Å². The smallest absolute Gasteiger partial charge is 0.348 e. The zero-order valence-corrected chi connectivity index (χ0v) is 17.5. The third kappa shape index (κ3) is 5.41. The van der Waals surface area contributed by atoms with E-state index < -0.39 is 5.97 Å². The quantitative estimate of drug-likeness (QED) is 0.567. The summed E-state index contributed by atoms with van der Waals surface area (Å²) in [6, 6.07) is 7.88. The van der Waals surface area contributed by atoms with Gasteiger partial charge >= 0.3 is 5.97 Å². The third-order valence-corrected chi connectivity index (χ3v) is 5.46. The van der Waals surface area contributed by atoms with E-state index >= 15 is 0 Å². The molecular weight excluding hydrogens is 393 g/mol. The summed E-state index contributed by atoms with van der Waals surface area (Å²) in [5.74, 6) is -0.745. The molecule has 0 radical (unpaired) electrons. The Balaban J connectivity index is 1.50. The van der Waals surface area contributed by atoms with Crippen LogP contribution in [0.1, 0.15) is 34.8 Å². The van der Waals surface area contributed by atoms with Gasteiger partial charge in [0.15, 0.2) is 6.61 Å². The van der Waals surface area contributed by atoms with E-state index in [1.54, 1.807) is 18.2 Å². The minimum absolute atomic E-state index is 0.293. The number of esters is 1. The number of rotatable bonds is 8. The van der Waals surface area contributed by atoms with Crippen molar-refractivity contribution in [3.05, 3.63) is 52.3 Å². The van der Waals surface area contributed by atoms with E-state index in [9.17, 15) is 14.0 Å². The zero-order chi connectivity index (χ0) is 21.0. The van der Waals surface area contributed by atoms with Gasteiger partial charge in [0.1, 0.15) is 15.5 Å². The van der Waals surface area contributed by atoms with Crippen LogP contribution in [-0.2, 0) is 22.5 Å². The standard InChI is InChI=1S/C21H24FN3O3S/c1-13(2)11-25-20-17(14(3)24-25)10-18(29-20)21(27)28-12-19(26)23-9-8-15-4-6-16(22)7-5-15/h4-7,10,13H,8-9,11-12H2,1-3H3,(H,23,26). The van der Waals surface area contributed by atoms with E-state index in [2.05, 4.69) is 24.3 Å². The summed E-state index contributed by atoms with van der Waals surface area (Å²) in [6.07, 6.45) is 0.571. The molecule has 2 aromatic heterocycles. The molecule has 0 fully saturated rings.